The summed E-state index contributed by atoms with van der Waals surface area (Å²) in [5, 5.41) is 11.9. The zero-order valence-corrected chi connectivity index (χ0v) is 10.7. The van der Waals surface area contributed by atoms with Gasteiger partial charge in [-0.15, -0.1) is 0 Å². The van der Waals surface area contributed by atoms with Crippen LogP contribution in [0, 0.1) is 6.92 Å². The van der Waals surface area contributed by atoms with Gasteiger partial charge in [0.2, 0.25) is 5.91 Å². The molecule has 1 amide bonds. The number of aliphatic hydroxyl groups is 1. The summed E-state index contributed by atoms with van der Waals surface area (Å²) >= 11 is 5.95. The summed E-state index contributed by atoms with van der Waals surface area (Å²) in [6, 6.07) is 3.56. The van der Waals surface area contributed by atoms with Crippen molar-refractivity contribution in [2.45, 2.75) is 19.9 Å². The maximum Gasteiger partial charge on any atom is 0.222 e. The third-order valence-electron chi connectivity index (χ3n) is 2.34. The molecule has 0 aromatic heterocycles. The Hall–Kier alpha value is -1.26. The van der Waals surface area contributed by atoms with Gasteiger partial charge < -0.3 is 15.2 Å². The number of aryl methyl sites for hydroxylation is 1. The first kappa shape index (κ1) is 13.8. The minimum absolute atomic E-state index is 0.0991. The van der Waals surface area contributed by atoms with E-state index in [1.807, 2.05) is 6.92 Å². The highest BCUT2D eigenvalue weighted by atomic mass is 35.5. The summed E-state index contributed by atoms with van der Waals surface area (Å²) in [7, 11) is 1.58. The van der Waals surface area contributed by atoms with Crippen molar-refractivity contribution in [2.24, 2.45) is 0 Å². The van der Waals surface area contributed by atoms with Gasteiger partial charge in [-0.25, -0.2) is 0 Å². The number of amides is 1. The van der Waals surface area contributed by atoms with E-state index in [9.17, 15) is 4.79 Å². The lowest BCUT2D eigenvalue weighted by Gasteiger charge is -2.12. The molecule has 1 rings (SSSR count). The van der Waals surface area contributed by atoms with Crippen molar-refractivity contribution in [1.29, 1.82) is 0 Å². The average molecular weight is 258 g/mol. The zero-order chi connectivity index (χ0) is 12.8. The van der Waals surface area contributed by atoms with Gasteiger partial charge in [-0.3, -0.25) is 4.79 Å². The predicted octanol–water partition coefficient (Wildman–Crippen LogP) is 1.66. The van der Waals surface area contributed by atoms with E-state index in [1.54, 1.807) is 19.2 Å². The van der Waals surface area contributed by atoms with E-state index in [1.165, 1.54) is 0 Å². The van der Waals surface area contributed by atoms with Crippen LogP contribution in [0.25, 0.3) is 0 Å². The average Bonchev–Trinajstić information content (AvgIpc) is 2.26. The Bertz CT molecular complexity index is 407. The normalized spacial score (nSPS) is 10.1. The summed E-state index contributed by atoms with van der Waals surface area (Å²) in [5.41, 5.74) is 1.75. The fraction of sp³-hybridized carbons (Fsp3) is 0.417. The second kappa shape index (κ2) is 6.47. The molecule has 0 unspecified atom stereocenters. The van der Waals surface area contributed by atoms with E-state index in [0.717, 1.165) is 16.9 Å². The molecular weight excluding hydrogens is 242 g/mol. The van der Waals surface area contributed by atoms with E-state index in [-0.39, 0.29) is 18.9 Å². The second-order valence-electron chi connectivity index (χ2n) is 3.67. The Balaban J connectivity index is 2.79. The number of nitrogens with one attached hydrogen (secondary N) is 1. The molecule has 17 heavy (non-hydrogen) atoms. The molecule has 1 aromatic carbocycles. The Morgan fingerprint density at radius 3 is 2.82 bits per heavy atom. The van der Waals surface area contributed by atoms with Gasteiger partial charge in [0.15, 0.2) is 0 Å². The van der Waals surface area contributed by atoms with E-state index < -0.39 is 0 Å². The fourth-order valence-electron chi connectivity index (χ4n) is 1.61. The molecule has 0 saturated heterocycles. The number of hydrogen-bond donors (Lipinski definition) is 2. The van der Waals surface area contributed by atoms with Crippen molar-refractivity contribution in [1.82, 2.24) is 5.32 Å². The van der Waals surface area contributed by atoms with Crippen molar-refractivity contribution in [2.75, 3.05) is 13.7 Å². The van der Waals surface area contributed by atoms with Gasteiger partial charge in [-0.2, -0.15) is 0 Å². The third-order valence-corrected chi connectivity index (χ3v) is 2.55. The van der Waals surface area contributed by atoms with Crippen LogP contribution in [-0.2, 0) is 11.3 Å². The predicted molar refractivity (Wildman–Crippen MR) is 66.3 cm³/mol. The molecule has 0 saturated carbocycles. The highest BCUT2D eigenvalue weighted by molar-refractivity contribution is 6.30. The molecule has 4 nitrogen and oxygen atoms in total. The highest BCUT2D eigenvalue weighted by Crippen LogP contribution is 2.27. The van der Waals surface area contributed by atoms with Crippen molar-refractivity contribution in [3.05, 3.63) is 28.3 Å². The zero-order valence-electron chi connectivity index (χ0n) is 9.92. The third kappa shape index (κ3) is 3.91. The number of hydrogen-bond acceptors (Lipinski definition) is 3. The number of rotatable bonds is 5. The Morgan fingerprint density at radius 1 is 1.53 bits per heavy atom. The van der Waals surface area contributed by atoms with Gasteiger partial charge in [0.05, 0.1) is 13.7 Å². The van der Waals surface area contributed by atoms with Gasteiger partial charge >= 0.3 is 0 Å². The molecule has 0 aliphatic rings. The monoisotopic (exact) mass is 257 g/mol. The van der Waals surface area contributed by atoms with E-state index in [0.29, 0.717) is 11.6 Å². The lowest BCUT2D eigenvalue weighted by molar-refractivity contribution is -0.121. The molecule has 0 atom stereocenters. The number of halogens is 1. The fourth-order valence-corrected chi connectivity index (χ4v) is 1.90. The van der Waals surface area contributed by atoms with Crippen molar-refractivity contribution in [3.63, 3.8) is 0 Å². The largest absolute Gasteiger partial charge is 0.496 e. The molecule has 0 bridgehead atoms. The summed E-state index contributed by atoms with van der Waals surface area (Å²) in [4.78, 5) is 11.2. The quantitative estimate of drug-likeness (QED) is 0.843. The van der Waals surface area contributed by atoms with Crippen LogP contribution in [0.15, 0.2) is 12.1 Å². The van der Waals surface area contributed by atoms with Gasteiger partial charge in [-0.1, -0.05) is 11.6 Å². The molecule has 0 heterocycles. The first-order valence-electron chi connectivity index (χ1n) is 5.29. The van der Waals surface area contributed by atoms with Crippen LogP contribution < -0.4 is 10.1 Å². The van der Waals surface area contributed by atoms with E-state index in [2.05, 4.69) is 5.32 Å². The molecule has 0 aliphatic heterocycles. The van der Waals surface area contributed by atoms with Gasteiger partial charge in [0, 0.05) is 23.6 Å². The minimum atomic E-state index is -0.202. The van der Waals surface area contributed by atoms with E-state index in [4.69, 9.17) is 21.4 Å². The molecule has 0 radical (unpaired) electrons. The number of methoxy groups -OCH3 is 1. The first-order chi connectivity index (χ1) is 8.08. The molecule has 0 fully saturated rings. The molecular formula is C12H16ClNO3. The Kier molecular flexibility index (Phi) is 5.25. The van der Waals surface area contributed by atoms with Crippen LogP contribution in [0.1, 0.15) is 17.5 Å². The second-order valence-corrected chi connectivity index (χ2v) is 4.10. The number of benzene rings is 1. The molecule has 0 spiro atoms. The van der Waals surface area contributed by atoms with E-state index >= 15 is 0 Å². The summed E-state index contributed by atoms with van der Waals surface area (Å²) in [5.74, 6) is 0.519. The topological polar surface area (TPSA) is 58.6 Å². The van der Waals surface area contributed by atoms with Crippen LogP contribution >= 0.6 is 11.6 Å². The maximum absolute atomic E-state index is 11.2. The number of carbonyl (C=O) groups is 1. The maximum atomic E-state index is 11.2. The number of aliphatic hydroxyl groups excluding tert-OH is 1. The van der Waals surface area contributed by atoms with Crippen LogP contribution in [0.4, 0.5) is 0 Å². The van der Waals surface area contributed by atoms with Gasteiger partial charge in [0.1, 0.15) is 5.75 Å². The van der Waals surface area contributed by atoms with Gasteiger partial charge in [-0.05, 0) is 24.6 Å². The highest BCUT2D eigenvalue weighted by Gasteiger charge is 2.09. The summed E-state index contributed by atoms with van der Waals surface area (Å²) < 4.78 is 5.26. The Labute approximate surface area is 106 Å². The molecule has 0 aliphatic carbocycles. The van der Waals surface area contributed by atoms with Crippen molar-refractivity contribution in [3.8, 4) is 5.75 Å². The van der Waals surface area contributed by atoms with Gasteiger partial charge in [0.25, 0.3) is 0 Å². The first-order valence-corrected chi connectivity index (χ1v) is 5.67. The standard InChI is InChI=1S/C12H16ClNO3/c1-8-5-10(13)6-9(12(8)17-2)7-14-11(16)3-4-15/h5-6,15H,3-4,7H2,1-2H3,(H,14,16). The minimum Gasteiger partial charge on any atom is -0.496 e. The summed E-state index contributed by atoms with van der Waals surface area (Å²) in [6.07, 6.45) is 0.0991. The molecule has 2 N–H and O–H groups in total. The van der Waals surface area contributed by atoms with Crippen LogP contribution in [0.2, 0.25) is 5.02 Å². The molecule has 5 heteroatoms. The van der Waals surface area contributed by atoms with Crippen molar-refractivity contribution >= 4 is 17.5 Å². The number of ether oxygens (including phenoxy) is 1. The SMILES string of the molecule is COc1c(C)cc(Cl)cc1CNC(=O)CCO. The summed E-state index contributed by atoms with van der Waals surface area (Å²) in [6.45, 7) is 2.07. The van der Waals surface area contributed by atoms with Crippen LogP contribution in [-0.4, -0.2) is 24.7 Å². The smallest absolute Gasteiger partial charge is 0.222 e. The molecule has 1 aromatic rings. The lowest BCUT2D eigenvalue weighted by atomic mass is 10.1. The Morgan fingerprint density at radius 2 is 2.24 bits per heavy atom. The lowest BCUT2D eigenvalue weighted by Crippen LogP contribution is -2.23. The molecule has 94 valence electrons. The van der Waals surface area contributed by atoms with Crippen molar-refractivity contribution < 1.29 is 14.6 Å². The van der Waals surface area contributed by atoms with Crippen LogP contribution in [0.5, 0.6) is 5.75 Å². The number of carbonyl (C=O) groups excluding carboxylic acids is 1. The van der Waals surface area contributed by atoms with Crippen LogP contribution in [0.3, 0.4) is 0 Å².